The van der Waals surface area contributed by atoms with Crippen molar-refractivity contribution >= 4 is 105 Å². The van der Waals surface area contributed by atoms with E-state index in [1.54, 1.807) is 5.38 Å². The number of nitrogens with one attached hydrogen (secondary N) is 2. The first-order valence-corrected chi connectivity index (χ1v) is 16.2. The van der Waals surface area contributed by atoms with Crippen LogP contribution < -0.4 is 18.9 Å². The van der Waals surface area contributed by atoms with Crippen LogP contribution in [0.1, 0.15) is 0 Å². The molecule has 4 rings (SSSR count). The van der Waals surface area contributed by atoms with Crippen LogP contribution in [0.4, 0.5) is 11.6 Å². The molecule has 0 radical (unpaired) electrons. The quantitative estimate of drug-likeness (QED) is 0.240. The second-order valence-electron chi connectivity index (χ2n) is 6.44. The van der Waals surface area contributed by atoms with Crippen molar-refractivity contribution in [3.8, 4) is 11.8 Å². The number of halogens is 4. The Balaban J connectivity index is 0.000000212. The summed E-state index contributed by atoms with van der Waals surface area (Å²) in [6.45, 7) is 0. The molecular formula is C18H14BrCl3N6O6S4. The van der Waals surface area contributed by atoms with Gasteiger partial charge in [0, 0.05) is 5.38 Å². The number of ether oxygens (including phenoxy) is 2. The molecule has 0 aromatic carbocycles. The Morgan fingerprint density at radius 3 is 2.08 bits per heavy atom. The van der Waals surface area contributed by atoms with Crippen molar-refractivity contribution < 1.29 is 26.3 Å². The van der Waals surface area contributed by atoms with Crippen molar-refractivity contribution in [2.45, 2.75) is 9.10 Å². The highest BCUT2D eigenvalue weighted by atomic mass is 79.9. The predicted molar refractivity (Wildman–Crippen MR) is 150 cm³/mol. The van der Waals surface area contributed by atoms with Crippen LogP contribution in [0.3, 0.4) is 0 Å². The van der Waals surface area contributed by atoms with Crippen molar-refractivity contribution in [1.82, 2.24) is 19.9 Å². The monoisotopic (exact) mass is 722 g/mol. The molecule has 0 aliphatic heterocycles. The lowest BCUT2D eigenvalue weighted by atomic mass is 10.6. The molecule has 0 unspecified atom stereocenters. The third-order valence-electron chi connectivity index (χ3n) is 3.96. The molecule has 38 heavy (non-hydrogen) atoms. The van der Waals surface area contributed by atoms with Gasteiger partial charge in [0.2, 0.25) is 11.6 Å². The van der Waals surface area contributed by atoms with Crippen molar-refractivity contribution in [2.75, 3.05) is 23.7 Å². The van der Waals surface area contributed by atoms with Crippen LogP contribution >= 0.6 is 73.4 Å². The van der Waals surface area contributed by atoms with Crippen molar-refractivity contribution in [3.63, 3.8) is 0 Å². The standard InChI is InChI=1S/C9H8BrN3O3S2.C9H6Cl3N3O3S2/c1-16-9-8(11-4-7(10)12-9)13-18(14,15)6-2-3-17-5-6;1-18-9-8(13-6(11)7(12)14-9)15-20(16,17)5-3-2-4(10)19-5/h2-5H,1H3,(H,11,13);2-3H,1H3,(H,13,15). The summed E-state index contributed by atoms with van der Waals surface area (Å²) in [7, 11) is -4.82. The summed E-state index contributed by atoms with van der Waals surface area (Å²) in [5, 5.41) is 2.97. The lowest BCUT2D eigenvalue weighted by Gasteiger charge is -2.09. The van der Waals surface area contributed by atoms with E-state index in [1.165, 1.54) is 55.3 Å². The van der Waals surface area contributed by atoms with Crippen LogP contribution in [0.25, 0.3) is 0 Å². The minimum Gasteiger partial charge on any atom is -0.478 e. The third-order valence-corrected chi connectivity index (χ3v) is 10.2. The van der Waals surface area contributed by atoms with Gasteiger partial charge in [-0.15, -0.1) is 11.3 Å². The fraction of sp³-hybridized carbons (Fsp3) is 0.111. The molecule has 0 amide bonds. The van der Waals surface area contributed by atoms with E-state index in [-0.39, 0.29) is 42.8 Å². The van der Waals surface area contributed by atoms with E-state index >= 15 is 0 Å². The molecule has 2 N–H and O–H groups in total. The minimum absolute atomic E-state index is 0.0254. The van der Waals surface area contributed by atoms with Crippen molar-refractivity contribution in [3.05, 3.63) is 54.4 Å². The maximum atomic E-state index is 12.1. The van der Waals surface area contributed by atoms with E-state index < -0.39 is 20.0 Å². The SMILES string of the molecule is COc1nc(Br)cnc1NS(=O)(=O)c1ccsc1.COc1nc(Cl)c(Cl)nc1NS(=O)(=O)c1ccc(Cl)s1. The Labute approximate surface area is 248 Å². The zero-order chi connectivity index (χ0) is 28.1. The third kappa shape index (κ3) is 7.78. The highest BCUT2D eigenvalue weighted by molar-refractivity contribution is 9.10. The lowest BCUT2D eigenvalue weighted by Crippen LogP contribution is -2.14. The van der Waals surface area contributed by atoms with Gasteiger partial charge in [0.05, 0.1) is 29.6 Å². The Morgan fingerprint density at radius 2 is 1.50 bits per heavy atom. The summed E-state index contributed by atoms with van der Waals surface area (Å²) in [6.07, 6.45) is 1.38. The first kappa shape index (κ1) is 30.6. The van der Waals surface area contributed by atoms with Crippen LogP contribution in [0.2, 0.25) is 14.6 Å². The van der Waals surface area contributed by atoms with Gasteiger partial charge in [0.25, 0.3) is 31.8 Å². The average molecular weight is 725 g/mol. The molecule has 0 fully saturated rings. The van der Waals surface area contributed by atoms with Crippen LogP contribution in [0.15, 0.2) is 48.9 Å². The average Bonchev–Trinajstić information content (AvgIpc) is 3.55. The molecule has 12 nitrogen and oxygen atoms in total. The fourth-order valence-corrected chi connectivity index (χ4v) is 7.39. The molecule has 0 saturated heterocycles. The van der Waals surface area contributed by atoms with Gasteiger partial charge in [-0.3, -0.25) is 9.44 Å². The van der Waals surface area contributed by atoms with Gasteiger partial charge < -0.3 is 9.47 Å². The van der Waals surface area contributed by atoms with E-state index in [2.05, 4.69) is 45.3 Å². The van der Waals surface area contributed by atoms with Gasteiger partial charge in [-0.2, -0.15) is 16.3 Å². The van der Waals surface area contributed by atoms with E-state index in [9.17, 15) is 16.8 Å². The number of methoxy groups -OCH3 is 2. The zero-order valence-corrected chi connectivity index (χ0v) is 26.0. The number of hydrogen-bond donors (Lipinski definition) is 2. The minimum atomic E-state index is -3.85. The molecule has 4 heterocycles. The number of aromatic nitrogens is 4. The highest BCUT2D eigenvalue weighted by Gasteiger charge is 2.22. The summed E-state index contributed by atoms with van der Waals surface area (Å²) in [5.41, 5.74) is 0. The normalized spacial score (nSPS) is 11.3. The summed E-state index contributed by atoms with van der Waals surface area (Å²) < 4.78 is 63.4. The highest BCUT2D eigenvalue weighted by Crippen LogP contribution is 2.31. The van der Waals surface area contributed by atoms with Crippen molar-refractivity contribution in [2.24, 2.45) is 0 Å². The largest absolute Gasteiger partial charge is 0.478 e. The number of sulfonamides is 2. The van der Waals surface area contributed by atoms with E-state index in [0.717, 1.165) is 11.3 Å². The predicted octanol–water partition coefficient (Wildman–Crippen LogP) is 5.42. The zero-order valence-electron chi connectivity index (χ0n) is 18.8. The van der Waals surface area contributed by atoms with Gasteiger partial charge in [-0.25, -0.2) is 31.8 Å². The molecule has 0 spiro atoms. The molecule has 4 aromatic rings. The topological polar surface area (TPSA) is 162 Å². The molecular weight excluding hydrogens is 711 g/mol. The molecule has 0 aliphatic carbocycles. The molecule has 0 atom stereocenters. The Morgan fingerprint density at radius 1 is 0.868 bits per heavy atom. The van der Waals surface area contributed by atoms with Gasteiger partial charge in [0.15, 0.2) is 10.3 Å². The van der Waals surface area contributed by atoms with Crippen molar-refractivity contribution in [1.29, 1.82) is 0 Å². The van der Waals surface area contributed by atoms with E-state index in [1.807, 2.05) is 0 Å². The number of hydrogen-bond acceptors (Lipinski definition) is 12. The maximum absolute atomic E-state index is 12.1. The van der Waals surface area contributed by atoms with Crippen LogP contribution in [0, 0.1) is 0 Å². The smallest absolute Gasteiger partial charge is 0.272 e. The first-order valence-electron chi connectivity index (χ1n) is 9.53. The Hall–Kier alpha value is -1.99. The van der Waals surface area contributed by atoms with Gasteiger partial charge in [-0.05, 0) is 39.5 Å². The fourth-order valence-electron chi connectivity index (χ4n) is 2.36. The maximum Gasteiger partial charge on any atom is 0.272 e. The van der Waals surface area contributed by atoms with E-state index in [4.69, 9.17) is 44.3 Å². The molecule has 204 valence electrons. The van der Waals surface area contributed by atoms with Crippen LogP contribution in [-0.2, 0) is 20.0 Å². The summed E-state index contributed by atoms with van der Waals surface area (Å²) in [5.74, 6) is -0.105. The molecule has 4 aromatic heterocycles. The second kappa shape index (κ2) is 12.9. The number of nitrogens with zero attached hydrogens (tertiary/aromatic N) is 4. The Kier molecular flexibility index (Phi) is 10.4. The second-order valence-corrected chi connectivity index (χ2v) is 14.1. The molecule has 0 aliphatic rings. The van der Waals surface area contributed by atoms with E-state index in [0.29, 0.717) is 8.94 Å². The van der Waals surface area contributed by atoms with Crippen LogP contribution in [0.5, 0.6) is 11.8 Å². The number of rotatable bonds is 8. The Bertz CT molecular complexity index is 1640. The number of thiophene rings is 2. The first-order chi connectivity index (χ1) is 17.9. The molecule has 0 saturated carbocycles. The molecule has 0 bridgehead atoms. The lowest BCUT2D eigenvalue weighted by molar-refractivity contribution is 0.397. The summed E-state index contributed by atoms with van der Waals surface area (Å²) >= 11 is 22.4. The van der Waals surface area contributed by atoms with Gasteiger partial charge in [0.1, 0.15) is 8.81 Å². The number of anilines is 2. The van der Waals surface area contributed by atoms with Gasteiger partial charge >= 0.3 is 0 Å². The summed E-state index contributed by atoms with van der Waals surface area (Å²) in [6, 6.07) is 4.34. The van der Waals surface area contributed by atoms with Crippen LogP contribution in [-0.4, -0.2) is 51.0 Å². The van der Waals surface area contributed by atoms with Gasteiger partial charge in [-0.1, -0.05) is 34.8 Å². The summed E-state index contributed by atoms with van der Waals surface area (Å²) in [4.78, 5) is 15.6. The molecule has 20 heteroatoms.